The average Bonchev–Trinajstić information content (AvgIpc) is 2.28. The lowest BCUT2D eigenvalue weighted by atomic mass is 9.95. The molecule has 17 heavy (non-hydrogen) atoms. The van der Waals surface area contributed by atoms with Gasteiger partial charge in [0, 0.05) is 16.6 Å². The Morgan fingerprint density at radius 1 is 1.59 bits per heavy atom. The van der Waals surface area contributed by atoms with Crippen molar-refractivity contribution in [2.45, 2.75) is 19.3 Å². The van der Waals surface area contributed by atoms with Gasteiger partial charge in [-0.25, -0.2) is 0 Å². The highest BCUT2D eigenvalue weighted by Gasteiger charge is 2.23. The molecule has 0 saturated heterocycles. The molecule has 1 aromatic rings. The van der Waals surface area contributed by atoms with E-state index in [0.29, 0.717) is 11.3 Å². The van der Waals surface area contributed by atoms with E-state index in [0.717, 1.165) is 16.5 Å². The van der Waals surface area contributed by atoms with E-state index in [-0.39, 0.29) is 6.54 Å². The summed E-state index contributed by atoms with van der Waals surface area (Å²) in [6.07, 6.45) is 0.770. The molecule has 5 heteroatoms. The van der Waals surface area contributed by atoms with Crippen molar-refractivity contribution in [3.8, 4) is 5.75 Å². The van der Waals surface area contributed by atoms with Crippen LogP contribution in [0.4, 0.5) is 0 Å². The minimum absolute atomic E-state index is 0.0469. The SMILES string of the molecule is CCc1cc(Br)cc(C(CN)C(=O)O)c1OC. The van der Waals surface area contributed by atoms with Crippen LogP contribution in [0.1, 0.15) is 24.0 Å². The zero-order valence-corrected chi connectivity index (χ0v) is 11.5. The normalized spacial score (nSPS) is 12.2. The highest BCUT2D eigenvalue weighted by atomic mass is 79.9. The van der Waals surface area contributed by atoms with Crippen LogP contribution in [-0.2, 0) is 11.2 Å². The summed E-state index contributed by atoms with van der Waals surface area (Å²) in [6.45, 7) is 2.04. The van der Waals surface area contributed by atoms with E-state index in [1.54, 1.807) is 13.2 Å². The smallest absolute Gasteiger partial charge is 0.312 e. The first-order chi connectivity index (χ1) is 8.04. The minimum atomic E-state index is -0.939. The van der Waals surface area contributed by atoms with Crippen molar-refractivity contribution in [1.29, 1.82) is 0 Å². The molecule has 94 valence electrons. The van der Waals surface area contributed by atoms with Crippen LogP contribution >= 0.6 is 15.9 Å². The summed E-state index contributed by atoms with van der Waals surface area (Å²) in [5, 5.41) is 9.15. The lowest BCUT2D eigenvalue weighted by Crippen LogP contribution is -2.22. The molecule has 0 radical (unpaired) electrons. The second-order valence-electron chi connectivity index (χ2n) is 3.67. The highest BCUT2D eigenvalue weighted by Crippen LogP contribution is 2.33. The molecule has 0 aliphatic heterocycles. The molecule has 1 atom stereocenters. The number of hydrogen-bond acceptors (Lipinski definition) is 3. The van der Waals surface area contributed by atoms with Gasteiger partial charge in [0.05, 0.1) is 13.0 Å². The molecule has 0 spiro atoms. The molecule has 0 heterocycles. The monoisotopic (exact) mass is 301 g/mol. The average molecular weight is 302 g/mol. The Morgan fingerprint density at radius 3 is 2.65 bits per heavy atom. The van der Waals surface area contributed by atoms with Gasteiger partial charge in [0.25, 0.3) is 0 Å². The summed E-state index contributed by atoms with van der Waals surface area (Å²) in [5.74, 6) is -1.06. The van der Waals surface area contributed by atoms with Crippen LogP contribution in [0, 0.1) is 0 Å². The van der Waals surface area contributed by atoms with Crippen LogP contribution in [-0.4, -0.2) is 24.7 Å². The molecule has 1 rings (SSSR count). The number of ether oxygens (including phenoxy) is 1. The lowest BCUT2D eigenvalue weighted by Gasteiger charge is -2.17. The molecule has 0 aliphatic carbocycles. The number of carboxylic acids is 1. The summed E-state index contributed by atoms with van der Waals surface area (Å²) < 4.78 is 6.15. The van der Waals surface area contributed by atoms with E-state index in [9.17, 15) is 4.79 Å². The number of aryl methyl sites for hydroxylation is 1. The van der Waals surface area contributed by atoms with Gasteiger partial charge in [0.2, 0.25) is 0 Å². The quantitative estimate of drug-likeness (QED) is 0.874. The van der Waals surface area contributed by atoms with Crippen LogP contribution in [0.25, 0.3) is 0 Å². The van der Waals surface area contributed by atoms with E-state index < -0.39 is 11.9 Å². The van der Waals surface area contributed by atoms with Gasteiger partial charge in [0.1, 0.15) is 5.75 Å². The van der Waals surface area contributed by atoms with Gasteiger partial charge in [-0.05, 0) is 24.1 Å². The maximum Gasteiger partial charge on any atom is 0.312 e. The third kappa shape index (κ3) is 2.98. The first-order valence-electron chi connectivity index (χ1n) is 5.34. The van der Waals surface area contributed by atoms with E-state index in [4.69, 9.17) is 15.6 Å². The Morgan fingerprint density at radius 2 is 2.24 bits per heavy atom. The summed E-state index contributed by atoms with van der Waals surface area (Å²) in [5.41, 5.74) is 7.11. The number of carboxylic acid groups (broad SMARTS) is 1. The van der Waals surface area contributed by atoms with E-state index >= 15 is 0 Å². The van der Waals surface area contributed by atoms with Crippen LogP contribution in [0.2, 0.25) is 0 Å². The lowest BCUT2D eigenvalue weighted by molar-refractivity contribution is -0.138. The molecule has 0 fully saturated rings. The molecule has 0 aliphatic rings. The summed E-state index contributed by atoms with van der Waals surface area (Å²) >= 11 is 3.37. The number of carbonyl (C=O) groups is 1. The second kappa shape index (κ2) is 6.02. The number of halogens is 1. The van der Waals surface area contributed by atoms with Crippen molar-refractivity contribution in [3.63, 3.8) is 0 Å². The Balaban J connectivity index is 3.39. The van der Waals surface area contributed by atoms with Crippen LogP contribution in [0.5, 0.6) is 5.75 Å². The van der Waals surface area contributed by atoms with Crippen LogP contribution < -0.4 is 10.5 Å². The van der Waals surface area contributed by atoms with Gasteiger partial charge in [-0.15, -0.1) is 0 Å². The molecule has 0 aromatic heterocycles. The van der Waals surface area contributed by atoms with Crippen molar-refractivity contribution in [1.82, 2.24) is 0 Å². The number of hydrogen-bond donors (Lipinski definition) is 2. The van der Waals surface area contributed by atoms with Gasteiger partial charge in [-0.1, -0.05) is 22.9 Å². The van der Waals surface area contributed by atoms with E-state index in [1.807, 2.05) is 13.0 Å². The molecule has 0 amide bonds. The van der Waals surface area contributed by atoms with Crippen molar-refractivity contribution in [2.75, 3.05) is 13.7 Å². The van der Waals surface area contributed by atoms with Gasteiger partial charge < -0.3 is 15.6 Å². The molecule has 1 aromatic carbocycles. The second-order valence-corrected chi connectivity index (χ2v) is 4.58. The van der Waals surface area contributed by atoms with Gasteiger partial charge in [0.15, 0.2) is 0 Å². The van der Waals surface area contributed by atoms with Crippen molar-refractivity contribution >= 4 is 21.9 Å². The molecule has 4 nitrogen and oxygen atoms in total. The van der Waals surface area contributed by atoms with Crippen LogP contribution in [0.15, 0.2) is 16.6 Å². The Bertz CT molecular complexity index is 420. The maximum atomic E-state index is 11.2. The molecular formula is C12H16BrNO3. The fourth-order valence-electron chi connectivity index (χ4n) is 1.80. The zero-order valence-electron chi connectivity index (χ0n) is 9.87. The van der Waals surface area contributed by atoms with Gasteiger partial charge in [-0.3, -0.25) is 4.79 Å². The number of methoxy groups -OCH3 is 1. The first-order valence-corrected chi connectivity index (χ1v) is 6.13. The summed E-state index contributed by atoms with van der Waals surface area (Å²) in [6, 6.07) is 3.68. The zero-order chi connectivity index (χ0) is 13.0. The Hall–Kier alpha value is -1.07. The fraction of sp³-hybridized carbons (Fsp3) is 0.417. The molecule has 0 saturated carbocycles. The fourth-order valence-corrected chi connectivity index (χ4v) is 2.33. The number of benzene rings is 1. The predicted octanol–water partition coefficient (Wildman–Crippen LogP) is 2.15. The summed E-state index contributed by atoms with van der Waals surface area (Å²) in [4.78, 5) is 11.2. The number of aliphatic carboxylic acids is 1. The third-order valence-corrected chi connectivity index (χ3v) is 3.11. The Labute approximate surface area is 109 Å². The van der Waals surface area contributed by atoms with Gasteiger partial charge in [-0.2, -0.15) is 0 Å². The topological polar surface area (TPSA) is 72.6 Å². The minimum Gasteiger partial charge on any atom is -0.496 e. The molecule has 3 N–H and O–H groups in total. The highest BCUT2D eigenvalue weighted by molar-refractivity contribution is 9.10. The Kier molecular flexibility index (Phi) is 4.96. The number of rotatable bonds is 5. The third-order valence-electron chi connectivity index (χ3n) is 2.65. The maximum absolute atomic E-state index is 11.2. The predicted molar refractivity (Wildman–Crippen MR) is 69.5 cm³/mol. The van der Waals surface area contributed by atoms with E-state index in [1.165, 1.54) is 0 Å². The number of nitrogens with two attached hydrogens (primary N) is 1. The van der Waals surface area contributed by atoms with E-state index in [2.05, 4.69) is 15.9 Å². The van der Waals surface area contributed by atoms with Crippen molar-refractivity contribution in [3.05, 3.63) is 27.7 Å². The van der Waals surface area contributed by atoms with Crippen molar-refractivity contribution < 1.29 is 14.6 Å². The standard InChI is InChI=1S/C12H16BrNO3/c1-3-7-4-8(13)5-9(11(7)17-2)10(6-14)12(15)16/h4-5,10H,3,6,14H2,1-2H3,(H,15,16). The first kappa shape index (κ1) is 14.0. The van der Waals surface area contributed by atoms with Gasteiger partial charge >= 0.3 is 5.97 Å². The van der Waals surface area contributed by atoms with Crippen LogP contribution in [0.3, 0.4) is 0 Å². The molecular weight excluding hydrogens is 286 g/mol. The van der Waals surface area contributed by atoms with Crippen molar-refractivity contribution in [2.24, 2.45) is 5.73 Å². The molecule has 0 bridgehead atoms. The molecule has 1 unspecified atom stereocenters. The summed E-state index contributed by atoms with van der Waals surface area (Å²) in [7, 11) is 1.54. The largest absolute Gasteiger partial charge is 0.496 e.